The van der Waals surface area contributed by atoms with Gasteiger partial charge in [0.1, 0.15) is 17.2 Å². The number of benzene rings is 2. The number of amides is 2. The molecular weight excluding hydrogens is 436 g/mol. The van der Waals surface area contributed by atoms with Crippen molar-refractivity contribution in [3.63, 3.8) is 0 Å². The average Bonchev–Trinajstić information content (AvgIpc) is 3.52. The van der Waals surface area contributed by atoms with Crippen molar-refractivity contribution < 1.29 is 23.1 Å². The number of ether oxygens (including phenoxy) is 1. The van der Waals surface area contributed by atoms with Gasteiger partial charge in [-0.15, -0.1) is 0 Å². The second-order valence-corrected chi connectivity index (χ2v) is 9.06. The Hall–Kier alpha value is -2.91. The Bertz CT molecular complexity index is 1160. The number of para-hydroxylation sites is 1. The van der Waals surface area contributed by atoms with Gasteiger partial charge in [-0.25, -0.2) is 13.8 Å². The molecule has 0 N–H and O–H groups in total. The fourth-order valence-electron chi connectivity index (χ4n) is 4.24. The first-order chi connectivity index (χ1) is 15.5. The molecular formula is C23H21F2N3O3S. The van der Waals surface area contributed by atoms with Crippen molar-refractivity contribution >= 4 is 44.2 Å². The van der Waals surface area contributed by atoms with E-state index in [4.69, 9.17) is 4.74 Å². The van der Waals surface area contributed by atoms with E-state index in [9.17, 15) is 18.4 Å². The Balaban J connectivity index is 1.43. The molecule has 3 heterocycles. The molecule has 0 radical (unpaired) electrons. The molecule has 0 aliphatic carbocycles. The monoisotopic (exact) mass is 457 g/mol. The molecule has 166 valence electrons. The molecule has 2 atom stereocenters. The number of anilines is 2. The lowest BCUT2D eigenvalue weighted by Crippen LogP contribution is -2.42. The predicted octanol–water partition coefficient (Wildman–Crippen LogP) is 4.14. The summed E-state index contributed by atoms with van der Waals surface area (Å²) in [5.41, 5.74) is 0.785. The van der Waals surface area contributed by atoms with E-state index in [0.717, 1.165) is 12.8 Å². The number of hydrogen-bond acceptors (Lipinski definition) is 5. The third-order valence-electron chi connectivity index (χ3n) is 5.88. The zero-order chi connectivity index (χ0) is 22.2. The first-order valence-corrected chi connectivity index (χ1v) is 11.4. The number of aromatic nitrogens is 1. The van der Waals surface area contributed by atoms with Crippen LogP contribution in [0.4, 0.5) is 19.6 Å². The lowest BCUT2D eigenvalue weighted by atomic mass is 10.1. The predicted molar refractivity (Wildman–Crippen MR) is 118 cm³/mol. The summed E-state index contributed by atoms with van der Waals surface area (Å²) < 4.78 is 33.9. The molecule has 0 saturated carbocycles. The molecule has 6 nitrogen and oxygen atoms in total. The Labute approximate surface area is 187 Å². The highest BCUT2D eigenvalue weighted by Gasteiger charge is 2.39. The van der Waals surface area contributed by atoms with E-state index in [0.29, 0.717) is 28.7 Å². The highest BCUT2D eigenvalue weighted by atomic mass is 32.1. The van der Waals surface area contributed by atoms with Gasteiger partial charge in [0.2, 0.25) is 11.8 Å². The van der Waals surface area contributed by atoms with Crippen LogP contribution in [-0.4, -0.2) is 42.6 Å². The number of nitrogens with zero attached hydrogens (tertiary/aromatic N) is 3. The zero-order valence-electron chi connectivity index (χ0n) is 17.2. The number of halogens is 2. The van der Waals surface area contributed by atoms with Crippen molar-refractivity contribution in [3.05, 3.63) is 54.1 Å². The second-order valence-electron chi connectivity index (χ2n) is 8.05. The summed E-state index contributed by atoms with van der Waals surface area (Å²) in [6.07, 6.45) is 1.67. The summed E-state index contributed by atoms with van der Waals surface area (Å²) in [4.78, 5) is 33.7. The minimum Gasteiger partial charge on any atom is -0.376 e. The van der Waals surface area contributed by atoms with Crippen LogP contribution < -0.4 is 9.80 Å². The number of carbonyl (C=O) groups excluding carboxylic acids is 2. The normalized spacial score (nSPS) is 20.9. The highest BCUT2D eigenvalue weighted by Crippen LogP contribution is 2.34. The summed E-state index contributed by atoms with van der Waals surface area (Å²) in [5.74, 6) is -1.84. The molecule has 2 aromatic carbocycles. The van der Waals surface area contributed by atoms with Gasteiger partial charge in [0.05, 0.1) is 23.3 Å². The SMILES string of the molecule is O=C1CC(C(=O)N(CC2CCCO2)c2nc3c(F)cccc3s2)CN1c1ccc(F)cc1. The maximum absolute atomic E-state index is 14.2. The molecule has 3 aromatic rings. The quantitative estimate of drug-likeness (QED) is 0.578. The minimum atomic E-state index is -0.578. The maximum Gasteiger partial charge on any atom is 0.234 e. The van der Waals surface area contributed by atoms with Gasteiger partial charge in [-0.05, 0) is 49.2 Å². The van der Waals surface area contributed by atoms with Crippen LogP contribution in [0.3, 0.4) is 0 Å². The summed E-state index contributed by atoms with van der Waals surface area (Å²) in [7, 11) is 0. The van der Waals surface area contributed by atoms with Crippen LogP contribution in [0.15, 0.2) is 42.5 Å². The van der Waals surface area contributed by atoms with Crippen LogP contribution in [-0.2, 0) is 14.3 Å². The molecule has 32 heavy (non-hydrogen) atoms. The smallest absolute Gasteiger partial charge is 0.234 e. The maximum atomic E-state index is 14.2. The van der Waals surface area contributed by atoms with Crippen LogP contribution in [0.5, 0.6) is 0 Å². The number of rotatable bonds is 5. The molecule has 2 amide bonds. The topological polar surface area (TPSA) is 62.7 Å². The van der Waals surface area contributed by atoms with Gasteiger partial charge in [0, 0.05) is 25.3 Å². The standard InChI is InChI=1S/C23H21F2N3O3S/c24-15-6-8-16(9-7-15)27-12-14(11-20(27)29)22(30)28(13-17-3-2-10-31-17)23-26-21-18(25)4-1-5-19(21)32-23/h1,4-9,14,17H,2-3,10-13H2. The lowest BCUT2D eigenvalue weighted by molar-refractivity contribution is -0.124. The first kappa shape index (κ1) is 21.0. The van der Waals surface area contributed by atoms with Crippen LogP contribution in [0.2, 0.25) is 0 Å². The zero-order valence-corrected chi connectivity index (χ0v) is 18.0. The van der Waals surface area contributed by atoms with Gasteiger partial charge in [0.25, 0.3) is 0 Å². The molecule has 0 spiro atoms. The molecule has 2 unspecified atom stereocenters. The van der Waals surface area contributed by atoms with Crippen LogP contribution >= 0.6 is 11.3 Å². The minimum absolute atomic E-state index is 0.0531. The third-order valence-corrected chi connectivity index (χ3v) is 6.92. The molecule has 0 bridgehead atoms. The molecule has 2 aliphatic rings. The Morgan fingerprint density at radius 1 is 1.22 bits per heavy atom. The molecule has 2 aliphatic heterocycles. The summed E-state index contributed by atoms with van der Waals surface area (Å²) in [6.45, 7) is 1.15. The van der Waals surface area contributed by atoms with E-state index in [1.54, 1.807) is 17.0 Å². The van der Waals surface area contributed by atoms with Gasteiger partial charge < -0.3 is 9.64 Å². The molecule has 2 fully saturated rings. The van der Waals surface area contributed by atoms with Gasteiger partial charge in [-0.1, -0.05) is 17.4 Å². The van der Waals surface area contributed by atoms with Gasteiger partial charge in [-0.2, -0.15) is 0 Å². The van der Waals surface area contributed by atoms with E-state index in [2.05, 4.69) is 4.98 Å². The van der Waals surface area contributed by atoms with Crippen LogP contribution in [0.1, 0.15) is 19.3 Å². The average molecular weight is 458 g/mol. The van der Waals surface area contributed by atoms with E-state index in [1.165, 1.54) is 46.6 Å². The van der Waals surface area contributed by atoms with Crippen molar-refractivity contribution in [2.24, 2.45) is 5.92 Å². The Kier molecular flexibility index (Phi) is 5.60. The molecule has 2 saturated heterocycles. The molecule has 1 aromatic heterocycles. The summed E-state index contributed by atoms with van der Waals surface area (Å²) in [6, 6.07) is 10.4. The number of carbonyl (C=O) groups is 2. The van der Waals surface area contributed by atoms with E-state index < -0.39 is 11.7 Å². The molecule has 9 heteroatoms. The van der Waals surface area contributed by atoms with Gasteiger partial charge in [-0.3, -0.25) is 14.5 Å². The summed E-state index contributed by atoms with van der Waals surface area (Å²) >= 11 is 1.25. The van der Waals surface area contributed by atoms with E-state index >= 15 is 0 Å². The van der Waals surface area contributed by atoms with E-state index in [1.807, 2.05) is 0 Å². The first-order valence-electron chi connectivity index (χ1n) is 10.5. The lowest BCUT2D eigenvalue weighted by Gasteiger charge is -2.25. The Morgan fingerprint density at radius 3 is 2.75 bits per heavy atom. The fraction of sp³-hybridized carbons (Fsp3) is 0.348. The van der Waals surface area contributed by atoms with Crippen LogP contribution in [0.25, 0.3) is 10.2 Å². The number of thiazole rings is 1. The van der Waals surface area contributed by atoms with E-state index in [-0.39, 0.29) is 42.2 Å². The van der Waals surface area contributed by atoms with Crippen molar-refractivity contribution in [2.75, 3.05) is 29.5 Å². The van der Waals surface area contributed by atoms with Crippen LogP contribution in [0, 0.1) is 17.6 Å². The second kappa shape index (κ2) is 8.55. The van der Waals surface area contributed by atoms with Crippen molar-refractivity contribution in [2.45, 2.75) is 25.4 Å². The fourth-order valence-corrected chi connectivity index (χ4v) is 5.23. The Morgan fingerprint density at radius 2 is 2.03 bits per heavy atom. The highest BCUT2D eigenvalue weighted by molar-refractivity contribution is 7.22. The number of fused-ring (bicyclic) bond motifs is 1. The van der Waals surface area contributed by atoms with Crippen molar-refractivity contribution in [1.82, 2.24) is 4.98 Å². The van der Waals surface area contributed by atoms with Crippen molar-refractivity contribution in [1.29, 1.82) is 0 Å². The van der Waals surface area contributed by atoms with Crippen molar-refractivity contribution in [3.8, 4) is 0 Å². The third kappa shape index (κ3) is 3.98. The largest absolute Gasteiger partial charge is 0.376 e. The number of hydrogen-bond donors (Lipinski definition) is 0. The summed E-state index contributed by atoms with van der Waals surface area (Å²) in [5, 5.41) is 0.401. The van der Waals surface area contributed by atoms with Gasteiger partial charge in [0.15, 0.2) is 5.13 Å². The molecule has 5 rings (SSSR count). The van der Waals surface area contributed by atoms with Gasteiger partial charge >= 0.3 is 0 Å².